The van der Waals surface area contributed by atoms with Crippen LogP contribution in [0.15, 0.2) is 28.0 Å². The van der Waals surface area contributed by atoms with Gasteiger partial charge in [0.2, 0.25) is 0 Å². The summed E-state index contributed by atoms with van der Waals surface area (Å²) in [6.07, 6.45) is 0. The Bertz CT molecular complexity index is 589. The van der Waals surface area contributed by atoms with Crippen LogP contribution in [0.5, 0.6) is 0 Å². The molecule has 2 aromatic heterocycles. The predicted molar refractivity (Wildman–Crippen MR) is 78.9 cm³/mol. The van der Waals surface area contributed by atoms with E-state index in [0.717, 1.165) is 30.2 Å². The summed E-state index contributed by atoms with van der Waals surface area (Å²) in [6.45, 7) is 4.08. The average molecular weight is 274 g/mol. The average Bonchev–Trinajstić information content (AvgIpc) is 2.96. The van der Waals surface area contributed by atoms with Gasteiger partial charge in [-0.2, -0.15) is 0 Å². The summed E-state index contributed by atoms with van der Waals surface area (Å²) >= 11 is 1.73. The first-order chi connectivity index (χ1) is 9.17. The molecule has 0 spiro atoms. The highest BCUT2D eigenvalue weighted by Crippen LogP contribution is 2.17. The SMILES string of the molecule is Cc1ccc(CN(C)Cc2cc(C#CCN)cs2)o1. The Morgan fingerprint density at radius 3 is 2.89 bits per heavy atom. The first kappa shape index (κ1) is 13.9. The van der Waals surface area contributed by atoms with Gasteiger partial charge in [0.15, 0.2) is 0 Å². The molecule has 19 heavy (non-hydrogen) atoms. The van der Waals surface area contributed by atoms with E-state index in [1.165, 1.54) is 4.88 Å². The molecule has 2 heterocycles. The van der Waals surface area contributed by atoms with Crippen molar-refractivity contribution in [3.63, 3.8) is 0 Å². The third kappa shape index (κ3) is 4.25. The van der Waals surface area contributed by atoms with Crippen molar-refractivity contribution in [1.82, 2.24) is 4.90 Å². The minimum Gasteiger partial charge on any atom is -0.465 e. The second-order valence-corrected chi connectivity index (χ2v) is 5.49. The van der Waals surface area contributed by atoms with Gasteiger partial charge in [-0.15, -0.1) is 11.3 Å². The van der Waals surface area contributed by atoms with Gasteiger partial charge >= 0.3 is 0 Å². The lowest BCUT2D eigenvalue weighted by molar-refractivity contribution is 0.287. The number of nitrogens with zero attached hydrogens (tertiary/aromatic N) is 1. The smallest absolute Gasteiger partial charge is 0.118 e. The lowest BCUT2D eigenvalue weighted by Crippen LogP contribution is -2.16. The maximum Gasteiger partial charge on any atom is 0.118 e. The Balaban J connectivity index is 1.91. The van der Waals surface area contributed by atoms with Gasteiger partial charge in [0, 0.05) is 22.4 Å². The Labute approximate surface area is 118 Å². The van der Waals surface area contributed by atoms with Crippen LogP contribution < -0.4 is 5.73 Å². The van der Waals surface area contributed by atoms with Gasteiger partial charge < -0.3 is 10.2 Å². The topological polar surface area (TPSA) is 42.4 Å². The fourth-order valence-corrected chi connectivity index (χ4v) is 2.74. The molecule has 2 rings (SSSR count). The van der Waals surface area contributed by atoms with E-state index in [1.807, 2.05) is 19.1 Å². The Morgan fingerprint density at radius 1 is 1.37 bits per heavy atom. The monoisotopic (exact) mass is 274 g/mol. The van der Waals surface area contributed by atoms with Gasteiger partial charge in [0.1, 0.15) is 11.5 Å². The van der Waals surface area contributed by atoms with Gasteiger partial charge in [0.25, 0.3) is 0 Å². The highest BCUT2D eigenvalue weighted by Gasteiger charge is 2.06. The normalized spacial score (nSPS) is 10.5. The summed E-state index contributed by atoms with van der Waals surface area (Å²) in [5.41, 5.74) is 6.41. The van der Waals surface area contributed by atoms with Crippen molar-refractivity contribution in [2.45, 2.75) is 20.0 Å². The molecule has 3 nitrogen and oxygen atoms in total. The molecule has 0 unspecified atom stereocenters. The van der Waals surface area contributed by atoms with Crippen LogP contribution in [0.1, 0.15) is 22.0 Å². The molecule has 0 atom stereocenters. The van der Waals surface area contributed by atoms with Crippen LogP contribution in [0.25, 0.3) is 0 Å². The summed E-state index contributed by atoms with van der Waals surface area (Å²) in [6, 6.07) is 6.14. The molecule has 0 aromatic carbocycles. The second-order valence-electron chi connectivity index (χ2n) is 4.49. The van der Waals surface area contributed by atoms with E-state index in [4.69, 9.17) is 10.2 Å². The third-order valence-corrected chi connectivity index (χ3v) is 3.56. The number of thiophene rings is 1. The molecule has 0 saturated heterocycles. The zero-order valence-electron chi connectivity index (χ0n) is 11.3. The van der Waals surface area contributed by atoms with E-state index in [-0.39, 0.29) is 0 Å². The Hall–Kier alpha value is -1.54. The van der Waals surface area contributed by atoms with Gasteiger partial charge in [-0.3, -0.25) is 4.90 Å². The molecule has 0 amide bonds. The van der Waals surface area contributed by atoms with Crippen molar-refractivity contribution in [2.75, 3.05) is 13.6 Å². The molecular weight excluding hydrogens is 256 g/mol. The van der Waals surface area contributed by atoms with Gasteiger partial charge in [0.05, 0.1) is 13.1 Å². The van der Waals surface area contributed by atoms with Crippen molar-refractivity contribution in [2.24, 2.45) is 5.73 Å². The molecule has 0 saturated carbocycles. The maximum absolute atomic E-state index is 5.58. The summed E-state index contributed by atoms with van der Waals surface area (Å²) in [7, 11) is 2.09. The summed E-state index contributed by atoms with van der Waals surface area (Å²) in [5, 5.41) is 2.07. The fourth-order valence-electron chi connectivity index (χ4n) is 1.84. The highest BCUT2D eigenvalue weighted by atomic mass is 32.1. The Morgan fingerprint density at radius 2 is 2.21 bits per heavy atom. The van der Waals surface area contributed by atoms with Crippen LogP contribution in [0.3, 0.4) is 0 Å². The second kappa shape index (κ2) is 6.58. The molecular formula is C15H18N2OS. The summed E-state index contributed by atoms with van der Waals surface area (Å²) in [5.74, 6) is 7.88. The molecule has 0 bridgehead atoms. The zero-order chi connectivity index (χ0) is 13.7. The van der Waals surface area contributed by atoms with E-state index in [1.54, 1.807) is 11.3 Å². The lowest BCUT2D eigenvalue weighted by Gasteiger charge is -2.13. The van der Waals surface area contributed by atoms with Crippen molar-refractivity contribution in [3.8, 4) is 11.8 Å². The van der Waals surface area contributed by atoms with Crippen LogP contribution in [-0.4, -0.2) is 18.5 Å². The minimum atomic E-state index is 0.406. The molecule has 4 heteroatoms. The molecule has 0 aliphatic heterocycles. The molecule has 0 radical (unpaired) electrons. The number of hydrogen-bond donors (Lipinski definition) is 1. The number of hydrogen-bond acceptors (Lipinski definition) is 4. The Kier molecular flexibility index (Phi) is 4.80. The summed E-state index contributed by atoms with van der Waals surface area (Å²) < 4.78 is 5.58. The van der Waals surface area contributed by atoms with E-state index in [2.05, 4.69) is 35.2 Å². The molecule has 0 fully saturated rings. The van der Waals surface area contributed by atoms with Crippen LogP contribution >= 0.6 is 11.3 Å². The first-order valence-corrected chi connectivity index (χ1v) is 7.05. The van der Waals surface area contributed by atoms with Gasteiger partial charge in [-0.05, 0) is 32.2 Å². The van der Waals surface area contributed by atoms with Crippen LogP contribution in [-0.2, 0) is 13.1 Å². The number of rotatable bonds is 4. The molecule has 0 aliphatic rings. The quantitative estimate of drug-likeness (QED) is 0.871. The van der Waals surface area contributed by atoms with Gasteiger partial charge in [-0.25, -0.2) is 0 Å². The number of furan rings is 1. The number of nitrogens with two attached hydrogens (primary N) is 1. The van der Waals surface area contributed by atoms with Crippen molar-refractivity contribution >= 4 is 11.3 Å². The molecule has 0 aliphatic carbocycles. The van der Waals surface area contributed by atoms with Crippen LogP contribution in [0, 0.1) is 18.8 Å². The van der Waals surface area contributed by atoms with Crippen molar-refractivity contribution in [3.05, 3.63) is 45.5 Å². The third-order valence-electron chi connectivity index (χ3n) is 2.64. The van der Waals surface area contributed by atoms with Gasteiger partial charge in [-0.1, -0.05) is 11.8 Å². The largest absolute Gasteiger partial charge is 0.465 e. The highest BCUT2D eigenvalue weighted by molar-refractivity contribution is 7.10. The van der Waals surface area contributed by atoms with Crippen molar-refractivity contribution in [1.29, 1.82) is 0 Å². The fraction of sp³-hybridized carbons (Fsp3) is 0.333. The first-order valence-electron chi connectivity index (χ1n) is 6.17. The molecule has 100 valence electrons. The zero-order valence-corrected chi connectivity index (χ0v) is 12.1. The molecule has 2 N–H and O–H groups in total. The van der Waals surface area contributed by atoms with Crippen molar-refractivity contribution < 1.29 is 4.42 Å². The number of aryl methyl sites for hydroxylation is 1. The van der Waals surface area contributed by atoms with E-state index < -0.39 is 0 Å². The van der Waals surface area contributed by atoms with E-state index >= 15 is 0 Å². The lowest BCUT2D eigenvalue weighted by atomic mass is 10.3. The van der Waals surface area contributed by atoms with Crippen LogP contribution in [0.4, 0.5) is 0 Å². The van der Waals surface area contributed by atoms with Crippen LogP contribution in [0.2, 0.25) is 0 Å². The predicted octanol–water partition coefficient (Wildman–Crippen LogP) is 2.59. The standard InChI is InChI=1S/C15H18N2OS/c1-12-5-6-14(18-12)9-17(2)10-15-8-13(11-19-15)4-3-7-16/h5-6,8,11H,7,9-10,16H2,1-2H3. The summed E-state index contributed by atoms with van der Waals surface area (Å²) in [4.78, 5) is 3.52. The minimum absolute atomic E-state index is 0.406. The van der Waals surface area contributed by atoms with E-state index in [9.17, 15) is 0 Å². The molecule has 2 aromatic rings. The maximum atomic E-state index is 5.58. The van der Waals surface area contributed by atoms with E-state index in [0.29, 0.717) is 6.54 Å².